The molecule has 0 aliphatic heterocycles. The molecule has 5 heteroatoms. The van der Waals surface area contributed by atoms with Crippen LogP contribution in [0.3, 0.4) is 0 Å². The average Bonchev–Trinajstić information content (AvgIpc) is 2.19. The van der Waals surface area contributed by atoms with Crippen molar-refractivity contribution in [2.45, 2.75) is 0 Å². The Morgan fingerprint density at radius 1 is 1.40 bits per heavy atom. The minimum atomic E-state index is -1.08. The minimum Gasteiger partial charge on any atom is -0.478 e. The Bertz CT molecular complexity index is 556. The van der Waals surface area contributed by atoms with E-state index >= 15 is 0 Å². The van der Waals surface area contributed by atoms with Gasteiger partial charge in [-0.05, 0) is 34.1 Å². The van der Waals surface area contributed by atoms with Crippen LogP contribution in [0.25, 0.3) is 10.9 Å². The van der Waals surface area contributed by atoms with Crippen LogP contribution in [0.2, 0.25) is 0 Å². The smallest absolute Gasteiger partial charge is 0.337 e. The van der Waals surface area contributed by atoms with Crippen LogP contribution in [0, 0.1) is 5.82 Å². The van der Waals surface area contributed by atoms with Gasteiger partial charge in [-0.2, -0.15) is 0 Å². The summed E-state index contributed by atoms with van der Waals surface area (Å²) >= 11 is 3.03. The van der Waals surface area contributed by atoms with Gasteiger partial charge in [0.1, 0.15) is 5.82 Å². The van der Waals surface area contributed by atoms with Crippen molar-refractivity contribution >= 4 is 32.8 Å². The van der Waals surface area contributed by atoms with Crippen LogP contribution in [0.1, 0.15) is 10.4 Å². The zero-order chi connectivity index (χ0) is 11.0. The zero-order valence-corrected chi connectivity index (χ0v) is 8.95. The van der Waals surface area contributed by atoms with E-state index in [1.54, 1.807) is 0 Å². The Labute approximate surface area is 92.7 Å². The van der Waals surface area contributed by atoms with E-state index in [9.17, 15) is 9.18 Å². The molecular formula is C10H5BrFNO2. The van der Waals surface area contributed by atoms with Gasteiger partial charge in [0.15, 0.2) is 0 Å². The summed E-state index contributed by atoms with van der Waals surface area (Å²) in [6, 6.07) is 4.15. The summed E-state index contributed by atoms with van der Waals surface area (Å²) in [6.07, 6.45) is 1.25. The molecule has 1 aromatic heterocycles. The largest absolute Gasteiger partial charge is 0.478 e. The molecule has 0 atom stereocenters. The van der Waals surface area contributed by atoms with E-state index in [2.05, 4.69) is 20.9 Å². The number of carboxylic acids is 1. The van der Waals surface area contributed by atoms with Crippen molar-refractivity contribution < 1.29 is 14.3 Å². The van der Waals surface area contributed by atoms with Gasteiger partial charge in [0.25, 0.3) is 0 Å². The fraction of sp³-hybridized carbons (Fsp3) is 0. The number of pyridine rings is 1. The molecule has 0 spiro atoms. The molecule has 2 aromatic rings. The summed E-state index contributed by atoms with van der Waals surface area (Å²) in [4.78, 5) is 14.6. The molecule has 0 saturated heterocycles. The van der Waals surface area contributed by atoms with Gasteiger partial charge in [0.2, 0.25) is 0 Å². The van der Waals surface area contributed by atoms with Gasteiger partial charge in [-0.25, -0.2) is 9.18 Å². The standard InChI is InChI=1S/C10H5BrFNO2/c11-7-3-9-5(2-8(7)12)1-6(4-13-9)10(14)15/h1-4H,(H,14,15). The number of nitrogens with zero attached hydrogens (tertiary/aromatic N) is 1. The highest BCUT2D eigenvalue weighted by Gasteiger charge is 2.07. The SMILES string of the molecule is O=C(O)c1cnc2cc(Br)c(F)cc2c1. The van der Waals surface area contributed by atoms with Crippen molar-refractivity contribution in [1.82, 2.24) is 4.98 Å². The summed E-state index contributed by atoms with van der Waals surface area (Å²) in [6.45, 7) is 0. The van der Waals surface area contributed by atoms with Gasteiger partial charge in [-0.3, -0.25) is 4.98 Å². The Morgan fingerprint density at radius 2 is 2.13 bits per heavy atom. The van der Waals surface area contributed by atoms with Crippen molar-refractivity contribution in [2.75, 3.05) is 0 Å². The second-order valence-electron chi connectivity index (χ2n) is 2.99. The molecule has 1 aromatic carbocycles. The lowest BCUT2D eigenvalue weighted by atomic mass is 10.1. The van der Waals surface area contributed by atoms with Gasteiger partial charge in [0, 0.05) is 11.6 Å². The van der Waals surface area contributed by atoms with Crippen LogP contribution < -0.4 is 0 Å². The van der Waals surface area contributed by atoms with Crippen molar-refractivity contribution in [3.63, 3.8) is 0 Å². The molecule has 1 heterocycles. The summed E-state index contributed by atoms with van der Waals surface area (Å²) in [7, 11) is 0. The predicted octanol–water partition coefficient (Wildman–Crippen LogP) is 2.83. The van der Waals surface area contributed by atoms with Gasteiger partial charge in [-0.1, -0.05) is 0 Å². The van der Waals surface area contributed by atoms with Crippen LogP contribution in [-0.2, 0) is 0 Å². The van der Waals surface area contributed by atoms with Crippen LogP contribution >= 0.6 is 15.9 Å². The Balaban J connectivity index is 2.72. The summed E-state index contributed by atoms with van der Waals surface area (Å²) in [5, 5.41) is 9.19. The van der Waals surface area contributed by atoms with E-state index < -0.39 is 11.8 Å². The normalized spacial score (nSPS) is 10.5. The first-order valence-electron chi connectivity index (χ1n) is 4.06. The van der Waals surface area contributed by atoms with Crippen LogP contribution in [0.5, 0.6) is 0 Å². The maximum absolute atomic E-state index is 13.2. The number of carbonyl (C=O) groups is 1. The highest BCUT2D eigenvalue weighted by molar-refractivity contribution is 9.10. The lowest BCUT2D eigenvalue weighted by molar-refractivity contribution is 0.0696. The predicted molar refractivity (Wildman–Crippen MR) is 56.4 cm³/mol. The molecule has 0 unspecified atom stereocenters. The maximum Gasteiger partial charge on any atom is 0.337 e. The van der Waals surface area contributed by atoms with E-state index in [0.717, 1.165) is 0 Å². The minimum absolute atomic E-state index is 0.0456. The monoisotopic (exact) mass is 269 g/mol. The second-order valence-corrected chi connectivity index (χ2v) is 3.84. The second kappa shape index (κ2) is 3.58. The highest BCUT2D eigenvalue weighted by Crippen LogP contribution is 2.22. The number of aromatic nitrogens is 1. The van der Waals surface area contributed by atoms with E-state index in [4.69, 9.17) is 5.11 Å². The first kappa shape index (κ1) is 10.0. The first-order chi connectivity index (χ1) is 7.08. The summed E-state index contributed by atoms with van der Waals surface area (Å²) in [5.74, 6) is -1.51. The molecule has 0 aliphatic carbocycles. The zero-order valence-electron chi connectivity index (χ0n) is 7.37. The lowest BCUT2D eigenvalue weighted by Gasteiger charge is -2.00. The molecule has 1 N–H and O–H groups in total. The highest BCUT2D eigenvalue weighted by atomic mass is 79.9. The average molecular weight is 270 g/mol. The molecule has 0 amide bonds. The van der Waals surface area contributed by atoms with Crippen molar-refractivity contribution in [1.29, 1.82) is 0 Å². The van der Waals surface area contributed by atoms with Gasteiger partial charge in [-0.15, -0.1) is 0 Å². The molecule has 3 nitrogen and oxygen atoms in total. The lowest BCUT2D eigenvalue weighted by Crippen LogP contribution is -1.97. The van der Waals surface area contributed by atoms with Crippen molar-refractivity contribution in [3.8, 4) is 0 Å². The molecule has 0 radical (unpaired) electrons. The Hall–Kier alpha value is -1.49. The third kappa shape index (κ3) is 1.83. The van der Waals surface area contributed by atoms with E-state index in [-0.39, 0.29) is 5.56 Å². The van der Waals surface area contributed by atoms with Crippen LogP contribution in [-0.4, -0.2) is 16.1 Å². The van der Waals surface area contributed by atoms with E-state index in [0.29, 0.717) is 15.4 Å². The first-order valence-corrected chi connectivity index (χ1v) is 4.85. The third-order valence-corrected chi connectivity index (χ3v) is 2.58. The Kier molecular flexibility index (Phi) is 2.40. The van der Waals surface area contributed by atoms with Gasteiger partial charge >= 0.3 is 5.97 Å². The molecular weight excluding hydrogens is 265 g/mol. The van der Waals surface area contributed by atoms with Crippen LogP contribution in [0.4, 0.5) is 4.39 Å². The number of fused-ring (bicyclic) bond motifs is 1. The topological polar surface area (TPSA) is 50.2 Å². The Morgan fingerprint density at radius 3 is 2.80 bits per heavy atom. The molecule has 0 saturated carbocycles. The number of hydrogen-bond donors (Lipinski definition) is 1. The molecule has 0 aliphatic rings. The van der Waals surface area contributed by atoms with E-state index in [1.165, 1.54) is 24.4 Å². The molecule has 2 rings (SSSR count). The van der Waals surface area contributed by atoms with Crippen molar-refractivity contribution in [2.24, 2.45) is 0 Å². The summed E-state index contributed by atoms with van der Waals surface area (Å²) < 4.78 is 13.5. The van der Waals surface area contributed by atoms with Gasteiger partial charge in [0.05, 0.1) is 15.6 Å². The molecule has 15 heavy (non-hydrogen) atoms. The number of carboxylic acid groups (broad SMARTS) is 1. The number of rotatable bonds is 1. The molecule has 0 bridgehead atoms. The fourth-order valence-electron chi connectivity index (χ4n) is 1.24. The molecule has 0 fully saturated rings. The van der Waals surface area contributed by atoms with Crippen LogP contribution in [0.15, 0.2) is 28.9 Å². The number of hydrogen-bond acceptors (Lipinski definition) is 2. The number of aromatic carboxylic acids is 1. The summed E-state index contributed by atoms with van der Waals surface area (Å²) in [5.41, 5.74) is 0.595. The number of benzene rings is 1. The third-order valence-electron chi connectivity index (χ3n) is 1.97. The molecule has 76 valence electrons. The quantitative estimate of drug-likeness (QED) is 0.866. The van der Waals surface area contributed by atoms with E-state index in [1.807, 2.05) is 0 Å². The van der Waals surface area contributed by atoms with Gasteiger partial charge < -0.3 is 5.11 Å². The fourth-order valence-corrected chi connectivity index (χ4v) is 1.57. The maximum atomic E-state index is 13.2. The van der Waals surface area contributed by atoms with Crippen molar-refractivity contribution in [3.05, 3.63) is 40.2 Å². The number of halogens is 2.